The summed E-state index contributed by atoms with van der Waals surface area (Å²) < 4.78 is 34.9. The van der Waals surface area contributed by atoms with Crippen LogP contribution in [-0.2, 0) is 27.9 Å². The molecule has 1 unspecified atom stereocenters. The Labute approximate surface area is 257 Å². The zero-order valence-corrected chi connectivity index (χ0v) is 25.2. The van der Waals surface area contributed by atoms with Crippen molar-refractivity contribution in [2.45, 2.75) is 44.4 Å². The lowest BCUT2D eigenvalue weighted by Gasteiger charge is -2.28. The normalized spacial score (nSPS) is 12.3. The predicted octanol–water partition coefficient (Wildman–Crippen LogP) is 5.84. The minimum absolute atomic E-state index is 0.00433. The van der Waals surface area contributed by atoms with E-state index in [4.69, 9.17) is 20.3 Å². The zero-order chi connectivity index (χ0) is 31.7. The van der Waals surface area contributed by atoms with E-state index in [0.29, 0.717) is 28.9 Å². The fraction of sp³-hybridized carbons (Fsp3) is 0.182. The molecule has 0 radical (unpaired) electrons. The Morgan fingerprint density at radius 2 is 1.55 bits per heavy atom. The zero-order valence-electron chi connectivity index (χ0n) is 24.4. The Hall–Kier alpha value is -5.00. The molecule has 0 fully saturated rings. The Balaban J connectivity index is 1.45. The molecule has 0 saturated carbocycles. The summed E-state index contributed by atoms with van der Waals surface area (Å²) in [5, 5.41) is 5.37. The van der Waals surface area contributed by atoms with Crippen molar-refractivity contribution in [2.75, 3.05) is 0 Å². The van der Waals surface area contributed by atoms with E-state index in [0.717, 1.165) is 11.1 Å². The third-order valence-electron chi connectivity index (χ3n) is 6.91. The van der Waals surface area contributed by atoms with Gasteiger partial charge in [-0.25, -0.2) is 23.1 Å². The molecule has 4 aromatic carbocycles. The number of primary sulfonamides is 1. The summed E-state index contributed by atoms with van der Waals surface area (Å²) in [6.45, 7) is 4.17. The van der Waals surface area contributed by atoms with Gasteiger partial charge in [0.05, 0.1) is 4.90 Å². The van der Waals surface area contributed by atoms with E-state index in [1.165, 1.54) is 6.07 Å². The van der Waals surface area contributed by atoms with Gasteiger partial charge in [-0.1, -0.05) is 85.8 Å². The first kappa shape index (κ1) is 31.9. The van der Waals surface area contributed by atoms with E-state index >= 15 is 0 Å². The molecule has 10 nitrogen and oxygen atoms in total. The maximum absolute atomic E-state index is 13.3. The van der Waals surface area contributed by atoms with Gasteiger partial charge >= 0.3 is 12.2 Å². The first-order valence-corrected chi connectivity index (χ1v) is 15.4. The number of aliphatic imine (C=N–C) groups is 1. The number of amidine groups is 1. The van der Waals surface area contributed by atoms with Gasteiger partial charge in [0.15, 0.2) is 0 Å². The molecule has 0 aliphatic rings. The van der Waals surface area contributed by atoms with Gasteiger partial charge in [0.1, 0.15) is 18.2 Å². The van der Waals surface area contributed by atoms with Crippen molar-refractivity contribution in [1.29, 1.82) is 0 Å². The van der Waals surface area contributed by atoms with Gasteiger partial charge in [0.2, 0.25) is 10.0 Å². The second-order valence-electron chi connectivity index (χ2n) is 10.1. The Bertz CT molecular complexity index is 1740. The number of carbonyl (C=O) groups excluding carboxylic acids is 2. The van der Waals surface area contributed by atoms with E-state index in [1.807, 2.05) is 50.2 Å². The summed E-state index contributed by atoms with van der Waals surface area (Å²) >= 11 is 0. The second kappa shape index (κ2) is 14.5. The summed E-state index contributed by atoms with van der Waals surface area (Å²) in [7, 11) is -3.92. The quantitative estimate of drug-likeness (QED) is 0.168. The number of benzene rings is 4. The molecule has 1 atom stereocenters. The predicted molar refractivity (Wildman–Crippen MR) is 168 cm³/mol. The Morgan fingerprint density at radius 3 is 2.23 bits per heavy atom. The number of nitrogens with two attached hydrogens (primary N) is 2. The summed E-state index contributed by atoms with van der Waals surface area (Å²) in [5.41, 5.74) is 9.25. The molecule has 11 heteroatoms. The van der Waals surface area contributed by atoms with Gasteiger partial charge < -0.3 is 20.1 Å². The maximum Gasteiger partial charge on any atom is 0.435 e. The topological polar surface area (TPSA) is 154 Å². The maximum atomic E-state index is 13.3. The lowest BCUT2D eigenvalue weighted by atomic mass is 10.1. The SMILES string of the molecule is CCC(C)N(Cc1cccc(C(N)=NC(=O)OCc2ccccc2)c1)C(=O)Oc1ccc(-c2ccccc2S(N)(=O)=O)cc1. The third-order valence-corrected chi connectivity index (χ3v) is 7.88. The molecule has 4 N–H and O–H groups in total. The van der Waals surface area contributed by atoms with E-state index in [9.17, 15) is 18.0 Å². The fourth-order valence-electron chi connectivity index (χ4n) is 4.38. The van der Waals surface area contributed by atoms with Crippen LogP contribution in [0.15, 0.2) is 113 Å². The van der Waals surface area contributed by atoms with Crippen molar-refractivity contribution >= 4 is 28.0 Å². The van der Waals surface area contributed by atoms with Crippen LogP contribution in [0.3, 0.4) is 0 Å². The van der Waals surface area contributed by atoms with Crippen LogP contribution >= 0.6 is 0 Å². The van der Waals surface area contributed by atoms with E-state index < -0.39 is 22.2 Å². The van der Waals surface area contributed by atoms with Crippen molar-refractivity contribution in [1.82, 2.24) is 4.90 Å². The van der Waals surface area contributed by atoms with Crippen LogP contribution in [0, 0.1) is 0 Å². The summed E-state index contributed by atoms with van der Waals surface area (Å²) in [6, 6.07) is 29.1. The summed E-state index contributed by atoms with van der Waals surface area (Å²) in [6.07, 6.45) is -0.691. The largest absolute Gasteiger partial charge is 0.443 e. The highest BCUT2D eigenvalue weighted by Gasteiger charge is 2.22. The van der Waals surface area contributed by atoms with Crippen molar-refractivity contribution in [3.8, 4) is 16.9 Å². The molecule has 0 saturated heterocycles. The van der Waals surface area contributed by atoms with Crippen molar-refractivity contribution < 1.29 is 27.5 Å². The molecule has 228 valence electrons. The van der Waals surface area contributed by atoms with Crippen molar-refractivity contribution in [2.24, 2.45) is 15.9 Å². The number of nitrogens with zero attached hydrogens (tertiary/aromatic N) is 2. The van der Waals surface area contributed by atoms with Crippen LogP contribution in [0.4, 0.5) is 9.59 Å². The smallest absolute Gasteiger partial charge is 0.435 e. The number of carbonyl (C=O) groups is 2. The highest BCUT2D eigenvalue weighted by molar-refractivity contribution is 7.89. The minimum Gasteiger partial charge on any atom is -0.443 e. The first-order chi connectivity index (χ1) is 21.0. The summed E-state index contributed by atoms with van der Waals surface area (Å²) in [5.74, 6) is 0.283. The molecule has 4 aromatic rings. The molecule has 0 spiro atoms. The standard InChI is InChI=1S/C33H34N4O6S/c1-3-23(2)37(33(39)43-28-18-16-26(17-19-28)29-14-7-8-15-30(29)44(35,40)41)21-25-12-9-13-27(20-25)31(34)36-32(38)42-22-24-10-5-4-6-11-24/h4-20,23H,3,21-22H2,1-2H3,(H2,34,36,38)(H2,35,40,41). The van der Waals surface area contributed by atoms with Gasteiger partial charge in [-0.05, 0) is 54.3 Å². The van der Waals surface area contributed by atoms with Crippen molar-refractivity contribution in [3.63, 3.8) is 0 Å². The highest BCUT2D eigenvalue weighted by atomic mass is 32.2. The molecule has 0 aliphatic heterocycles. The number of rotatable bonds is 10. The fourth-order valence-corrected chi connectivity index (χ4v) is 5.14. The lowest BCUT2D eigenvalue weighted by Crippen LogP contribution is -2.39. The van der Waals surface area contributed by atoms with Gasteiger partial charge in [-0.2, -0.15) is 4.99 Å². The van der Waals surface area contributed by atoms with Crippen LogP contribution in [0.2, 0.25) is 0 Å². The van der Waals surface area contributed by atoms with E-state index in [1.54, 1.807) is 65.6 Å². The van der Waals surface area contributed by atoms with Gasteiger partial charge in [-0.15, -0.1) is 0 Å². The molecule has 0 heterocycles. The lowest BCUT2D eigenvalue weighted by molar-refractivity contribution is 0.130. The number of amides is 2. The van der Waals surface area contributed by atoms with Gasteiger partial charge in [-0.3, -0.25) is 0 Å². The van der Waals surface area contributed by atoms with Gasteiger partial charge in [0, 0.05) is 23.7 Å². The van der Waals surface area contributed by atoms with Crippen LogP contribution in [0.25, 0.3) is 11.1 Å². The summed E-state index contributed by atoms with van der Waals surface area (Å²) in [4.78, 5) is 31.0. The van der Waals surface area contributed by atoms with Crippen LogP contribution < -0.4 is 15.6 Å². The first-order valence-electron chi connectivity index (χ1n) is 13.9. The molecule has 0 aliphatic carbocycles. The molecular formula is C33H34N4O6S. The van der Waals surface area contributed by atoms with Crippen LogP contribution in [-0.4, -0.2) is 37.4 Å². The van der Waals surface area contributed by atoms with Gasteiger partial charge in [0.25, 0.3) is 0 Å². The average molecular weight is 615 g/mol. The molecule has 4 rings (SSSR count). The number of hydrogen-bond acceptors (Lipinski definition) is 6. The number of hydrogen-bond donors (Lipinski definition) is 2. The molecule has 2 amide bonds. The highest BCUT2D eigenvalue weighted by Crippen LogP contribution is 2.28. The monoisotopic (exact) mass is 614 g/mol. The third kappa shape index (κ3) is 8.52. The molecular weight excluding hydrogens is 580 g/mol. The molecule has 0 aromatic heterocycles. The molecule has 44 heavy (non-hydrogen) atoms. The number of ether oxygens (including phenoxy) is 2. The Morgan fingerprint density at radius 1 is 0.886 bits per heavy atom. The van der Waals surface area contributed by atoms with Crippen molar-refractivity contribution in [3.05, 3.63) is 120 Å². The minimum atomic E-state index is -3.92. The average Bonchev–Trinajstić information content (AvgIpc) is 3.03. The molecule has 0 bridgehead atoms. The van der Waals surface area contributed by atoms with Crippen LogP contribution in [0.1, 0.15) is 37.0 Å². The van der Waals surface area contributed by atoms with Crippen LogP contribution in [0.5, 0.6) is 5.75 Å². The Kier molecular flexibility index (Phi) is 10.5. The van der Waals surface area contributed by atoms with E-state index in [-0.39, 0.29) is 29.9 Å². The second-order valence-corrected chi connectivity index (χ2v) is 11.6. The number of sulfonamides is 1. The van der Waals surface area contributed by atoms with E-state index in [2.05, 4.69) is 4.99 Å².